The zero-order valence-electron chi connectivity index (χ0n) is 18.1. The van der Waals surface area contributed by atoms with Crippen LogP contribution < -0.4 is 19.5 Å². The Hall–Kier alpha value is -2.40. The summed E-state index contributed by atoms with van der Waals surface area (Å²) in [5.74, 6) is 2.12. The first-order valence-corrected chi connectivity index (χ1v) is 10.4. The number of nitrogens with one attached hydrogen (secondary N) is 1. The zero-order chi connectivity index (χ0) is 21.3. The smallest absolute Gasteiger partial charge is 0.180 e. The summed E-state index contributed by atoms with van der Waals surface area (Å²) in [6.07, 6.45) is 0.882. The number of methoxy groups -OCH3 is 2. The third kappa shape index (κ3) is 7.06. The quantitative estimate of drug-likeness (QED) is 0.375. The molecule has 0 aliphatic rings. The summed E-state index contributed by atoms with van der Waals surface area (Å²) in [5, 5.41) is 4.00. The van der Waals surface area contributed by atoms with E-state index < -0.39 is 0 Å². The largest absolute Gasteiger partial charge is 0.496 e. The van der Waals surface area contributed by atoms with Crippen molar-refractivity contribution in [3.8, 4) is 17.2 Å². The van der Waals surface area contributed by atoms with Gasteiger partial charge in [0.2, 0.25) is 0 Å². The maximum atomic E-state index is 6.50. The first-order valence-electron chi connectivity index (χ1n) is 9.98. The molecular formula is C25H29Cl2NO3. The second-order valence-electron chi connectivity index (χ2n) is 7.12. The van der Waals surface area contributed by atoms with Gasteiger partial charge in [0, 0.05) is 6.54 Å². The molecule has 6 heteroatoms. The van der Waals surface area contributed by atoms with Gasteiger partial charge in [-0.3, -0.25) is 0 Å². The highest BCUT2D eigenvalue weighted by Gasteiger charge is 2.12. The Labute approximate surface area is 195 Å². The van der Waals surface area contributed by atoms with E-state index in [4.69, 9.17) is 25.8 Å². The third-order valence-corrected chi connectivity index (χ3v) is 5.17. The molecule has 0 radical (unpaired) electrons. The predicted molar refractivity (Wildman–Crippen MR) is 129 cm³/mol. The van der Waals surface area contributed by atoms with Crippen LogP contribution in [-0.2, 0) is 19.6 Å². The van der Waals surface area contributed by atoms with E-state index in [2.05, 4.69) is 42.6 Å². The van der Waals surface area contributed by atoms with Crippen molar-refractivity contribution in [2.45, 2.75) is 26.5 Å². The summed E-state index contributed by atoms with van der Waals surface area (Å²) >= 11 is 6.50. The number of para-hydroxylation sites is 1. The van der Waals surface area contributed by atoms with E-state index >= 15 is 0 Å². The fourth-order valence-electron chi connectivity index (χ4n) is 3.22. The highest BCUT2D eigenvalue weighted by molar-refractivity contribution is 6.32. The molecule has 0 saturated carbocycles. The van der Waals surface area contributed by atoms with Gasteiger partial charge >= 0.3 is 0 Å². The lowest BCUT2D eigenvalue weighted by Crippen LogP contribution is -2.17. The summed E-state index contributed by atoms with van der Waals surface area (Å²) in [4.78, 5) is 0. The summed E-state index contributed by atoms with van der Waals surface area (Å²) in [5.41, 5.74) is 4.53. The molecule has 0 aliphatic heterocycles. The number of benzene rings is 3. The topological polar surface area (TPSA) is 39.7 Å². The second kappa shape index (κ2) is 12.5. The molecule has 3 aromatic carbocycles. The van der Waals surface area contributed by atoms with E-state index in [-0.39, 0.29) is 12.4 Å². The first-order chi connectivity index (χ1) is 14.6. The molecule has 1 N–H and O–H groups in total. The van der Waals surface area contributed by atoms with E-state index in [0.29, 0.717) is 29.7 Å². The van der Waals surface area contributed by atoms with Crippen molar-refractivity contribution in [1.29, 1.82) is 0 Å². The predicted octanol–water partition coefficient (Wildman–Crippen LogP) is 6.00. The normalized spacial score (nSPS) is 10.3. The third-order valence-electron chi connectivity index (χ3n) is 4.89. The van der Waals surface area contributed by atoms with Crippen LogP contribution in [0.1, 0.15) is 22.3 Å². The Morgan fingerprint density at radius 2 is 1.58 bits per heavy atom. The van der Waals surface area contributed by atoms with Crippen LogP contribution >= 0.6 is 24.0 Å². The number of halogens is 2. The molecule has 0 heterocycles. The van der Waals surface area contributed by atoms with Crippen molar-refractivity contribution in [2.75, 3.05) is 20.8 Å². The van der Waals surface area contributed by atoms with Crippen LogP contribution in [0.3, 0.4) is 0 Å². The van der Waals surface area contributed by atoms with E-state index in [9.17, 15) is 0 Å². The van der Waals surface area contributed by atoms with Gasteiger partial charge in [-0.2, -0.15) is 0 Å². The minimum atomic E-state index is 0. The Kier molecular flexibility index (Phi) is 9.99. The van der Waals surface area contributed by atoms with Gasteiger partial charge in [-0.05, 0) is 54.8 Å². The molecule has 0 aliphatic carbocycles. The molecule has 0 amide bonds. The van der Waals surface area contributed by atoms with Crippen LogP contribution in [0.15, 0.2) is 60.7 Å². The Balaban J connectivity index is 0.00000341. The van der Waals surface area contributed by atoms with E-state index in [0.717, 1.165) is 29.8 Å². The van der Waals surface area contributed by atoms with Gasteiger partial charge in [-0.15, -0.1) is 12.4 Å². The summed E-state index contributed by atoms with van der Waals surface area (Å²) in [6.45, 7) is 4.01. The number of hydrogen-bond acceptors (Lipinski definition) is 4. The minimum absolute atomic E-state index is 0. The van der Waals surface area contributed by atoms with Gasteiger partial charge in [0.05, 0.1) is 19.2 Å². The lowest BCUT2D eigenvalue weighted by atomic mass is 10.1. The van der Waals surface area contributed by atoms with E-state index in [1.54, 1.807) is 14.2 Å². The van der Waals surface area contributed by atoms with Crippen LogP contribution in [0.4, 0.5) is 0 Å². The Morgan fingerprint density at radius 3 is 2.29 bits per heavy atom. The number of aryl methyl sites for hydroxylation is 1. The van der Waals surface area contributed by atoms with Crippen LogP contribution in [-0.4, -0.2) is 20.8 Å². The summed E-state index contributed by atoms with van der Waals surface area (Å²) in [6, 6.07) is 20.2. The molecule has 0 spiro atoms. The molecule has 0 bridgehead atoms. The molecule has 0 fully saturated rings. The lowest BCUT2D eigenvalue weighted by molar-refractivity contribution is 0.284. The van der Waals surface area contributed by atoms with Crippen LogP contribution in [0.25, 0.3) is 0 Å². The molecule has 0 saturated heterocycles. The average Bonchev–Trinajstić information content (AvgIpc) is 2.77. The highest BCUT2D eigenvalue weighted by Crippen LogP contribution is 2.37. The Bertz CT molecular complexity index is 961. The van der Waals surface area contributed by atoms with Crippen molar-refractivity contribution < 1.29 is 14.2 Å². The lowest BCUT2D eigenvalue weighted by Gasteiger charge is -2.15. The van der Waals surface area contributed by atoms with Gasteiger partial charge in [0.1, 0.15) is 12.4 Å². The number of ether oxygens (including phenoxy) is 3. The first kappa shape index (κ1) is 24.9. The van der Waals surface area contributed by atoms with Crippen LogP contribution in [0.2, 0.25) is 5.02 Å². The van der Waals surface area contributed by atoms with Crippen molar-refractivity contribution in [3.05, 3.63) is 87.9 Å². The standard InChI is InChI=1S/C25H28ClNO3.ClH/c1-18-8-10-19(11-9-18)17-30-25-22(26)14-20(15-24(25)29-3)16-27-13-12-21-6-4-5-7-23(21)28-2;/h4-11,14-15,27H,12-13,16-17H2,1-3H3;1H. The van der Waals surface area contributed by atoms with Crippen molar-refractivity contribution in [2.24, 2.45) is 0 Å². The Morgan fingerprint density at radius 1 is 0.871 bits per heavy atom. The zero-order valence-corrected chi connectivity index (χ0v) is 19.7. The fourth-order valence-corrected chi connectivity index (χ4v) is 3.51. The SMILES string of the molecule is COc1ccccc1CCNCc1cc(Cl)c(OCc2ccc(C)cc2)c(OC)c1.Cl. The summed E-state index contributed by atoms with van der Waals surface area (Å²) in [7, 11) is 3.33. The molecule has 0 unspecified atom stereocenters. The second-order valence-corrected chi connectivity index (χ2v) is 7.53. The fraction of sp³-hybridized carbons (Fsp3) is 0.280. The van der Waals surface area contributed by atoms with Gasteiger partial charge in [0.15, 0.2) is 11.5 Å². The molecule has 0 aromatic heterocycles. The van der Waals surface area contributed by atoms with Crippen molar-refractivity contribution in [1.82, 2.24) is 5.32 Å². The molecular weight excluding hydrogens is 433 g/mol. The monoisotopic (exact) mass is 461 g/mol. The summed E-state index contributed by atoms with van der Waals surface area (Å²) < 4.78 is 16.9. The molecule has 166 valence electrons. The van der Waals surface area contributed by atoms with Crippen LogP contribution in [0, 0.1) is 6.92 Å². The van der Waals surface area contributed by atoms with Crippen LogP contribution in [0.5, 0.6) is 17.2 Å². The van der Waals surface area contributed by atoms with Crippen molar-refractivity contribution in [3.63, 3.8) is 0 Å². The van der Waals surface area contributed by atoms with Crippen molar-refractivity contribution >= 4 is 24.0 Å². The molecule has 31 heavy (non-hydrogen) atoms. The number of rotatable bonds is 10. The van der Waals surface area contributed by atoms with Gasteiger partial charge in [0.25, 0.3) is 0 Å². The maximum absolute atomic E-state index is 6.50. The molecule has 0 atom stereocenters. The molecule has 3 rings (SSSR count). The van der Waals surface area contributed by atoms with Gasteiger partial charge < -0.3 is 19.5 Å². The maximum Gasteiger partial charge on any atom is 0.180 e. The van der Waals surface area contributed by atoms with Gasteiger partial charge in [-0.25, -0.2) is 0 Å². The average molecular weight is 462 g/mol. The number of hydrogen-bond donors (Lipinski definition) is 1. The molecule has 3 aromatic rings. The highest BCUT2D eigenvalue weighted by atomic mass is 35.5. The molecule has 4 nitrogen and oxygen atoms in total. The minimum Gasteiger partial charge on any atom is -0.496 e. The van der Waals surface area contributed by atoms with Gasteiger partial charge in [-0.1, -0.05) is 59.6 Å². The van der Waals surface area contributed by atoms with E-state index in [1.807, 2.05) is 30.3 Å². The van der Waals surface area contributed by atoms with E-state index in [1.165, 1.54) is 11.1 Å².